The Balaban J connectivity index is 2.20. The number of thiophene rings is 1. The van der Waals surface area contributed by atoms with Crippen LogP contribution in [0.15, 0.2) is 35.0 Å². The molecule has 0 spiro atoms. The third-order valence-corrected chi connectivity index (χ3v) is 3.30. The van der Waals surface area contributed by atoms with Crippen LogP contribution in [0, 0.1) is 11.6 Å². The van der Waals surface area contributed by atoms with E-state index in [1.54, 1.807) is 11.3 Å². The van der Waals surface area contributed by atoms with Gasteiger partial charge in [-0.25, -0.2) is 8.78 Å². The number of halogens is 2. The Hall–Kier alpha value is -1.30. The predicted molar refractivity (Wildman–Crippen MR) is 64.4 cm³/mol. The van der Waals surface area contributed by atoms with Gasteiger partial charge in [0.2, 0.25) is 0 Å². The van der Waals surface area contributed by atoms with Gasteiger partial charge in [0.1, 0.15) is 0 Å². The van der Waals surface area contributed by atoms with Crippen LogP contribution in [0.5, 0.6) is 0 Å². The zero-order chi connectivity index (χ0) is 12.3. The topological polar surface area (TPSA) is 38.0 Å². The van der Waals surface area contributed by atoms with E-state index < -0.39 is 11.6 Å². The molecule has 1 aromatic carbocycles. The fourth-order valence-corrected chi connectivity index (χ4v) is 2.33. The van der Waals surface area contributed by atoms with Crippen molar-refractivity contribution in [2.45, 2.75) is 12.5 Å². The summed E-state index contributed by atoms with van der Waals surface area (Å²) in [6.45, 7) is 0. The van der Waals surface area contributed by atoms with E-state index in [0.29, 0.717) is 12.0 Å². The molecule has 0 fully saturated rings. The first-order valence-corrected chi connectivity index (χ1v) is 6.07. The monoisotopic (exact) mass is 254 g/mol. The Kier molecular flexibility index (Phi) is 3.83. The van der Waals surface area contributed by atoms with Gasteiger partial charge < -0.3 is 0 Å². The molecule has 90 valence electrons. The molecule has 3 N–H and O–H groups in total. The van der Waals surface area contributed by atoms with E-state index >= 15 is 0 Å². The maximum atomic E-state index is 13.1. The summed E-state index contributed by atoms with van der Waals surface area (Å²) in [5.41, 5.74) is 4.37. The van der Waals surface area contributed by atoms with Crippen molar-refractivity contribution in [2.24, 2.45) is 5.84 Å². The number of nitrogens with one attached hydrogen (secondary N) is 1. The Labute approximate surface area is 102 Å². The lowest BCUT2D eigenvalue weighted by molar-refractivity contribution is 0.497. The third-order valence-electron chi connectivity index (χ3n) is 2.57. The van der Waals surface area contributed by atoms with Gasteiger partial charge in [-0.05, 0) is 46.5 Å². The molecule has 0 amide bonds. The maximum absolute atomic E-state index is 13.1. The first-order valence-electron chi connectivity index (χ1n) is 5.13. The third kappa shape index (κ3) is 2.88. The molecule has 5 heteroatoms. The van der Waals surface area contributed by atoms with Crippen LogP contribution in [0.2, 0.25) is 0 Å². The number of benzene rings is 1. The van der Waals surface area contributed by atoms with Crippen molar-refractivity contribution in [2.75, 3.05) is 0 Å². The molecule has 17 heavy (non-hydrogen) atoms. The average Bonchev–Trinajstić information content (AvgIpc) is 2.82. The van der Waals surface area contributed by atoms with Crippen LogP contribution in [0.1, 0.15) is 17.2 Å². The summed E-state index contributed by atoms with van der Waals surface area (Å²) in [5.74, 6) is 3.75. The number of rotatable bonds is 4. The number of hydrogen-bond donors (Lipinski definition) is 2. The first-order chi connectivity index (χ1) is 8.20. The highest BCUT2D eigenvalue weighted by molar-refractivity contribution is 7.07. The molecule has 2 rings (SSSR count). The van der Waals surface area contributed by atoms with Gasteiger partial charge in [0, 0.05) is 0 Å². The molecule has 2 nitrogen and oxygen atoms in total. The average molecular weight is 254 g/mol. The van der Waals surface area contributed by atoms with Crippen LogP contribution in [0.3, 0.4) is 0 Å². The second-order valence-electron chi connectivity index (χ2n) is 3.73. The quantitative estimate of drug-likeness (QED) is 0.650. The van der Waals surface area contributed by atoms with E-state index in [1.807, 2.05) is 16.8 Å². The van der Waals surface area contributed by atoms with Crippen molar-refractivity contribution in [3.05, 3.63) is 57.8 Å². The zero-order valence-electron chi connectivity index (χ0n) is 8.99. The smallest absolute Gasteiger partial charge is 0.159 e. The van der Waals surface area contributed by atoms with Gasteiger partial charge in [0.25, 0.3) is 0 Å². The molecule has 1 unspecified atom stereocenters. The molecule has 0 aliphatic heterocycles. The zero-order valence-corrected chi connectivity index (χ0v) is 9.81. The minimum absolute atomic E-state index is 0.223. The molecule has 2 aromatic rings. The highest BCUT2D eigenvalue weighted by atomic mass is 32.1. The van der Waals surface area contributed by atoms with Gasteiger partial charge in [-0.3, -0.25) is 11.3 Å². The molecule has 1 heterocycles. The van der Waals surface area contributed by atoms with E-state index in [0.717, 1.165) is 11.6 Å². The minimum Gasteiger partial charge on any atom is -0.271 e. The highest BCUT2D eigenvalue weighted by Crippen LogP contribution is 2.21. The van der Waals surface area contributed by atoms with Crippen LogP contribution < -0.4 is 11.3 Å². The Morgan fingerprint density at radius 3 is 2.65 bits per heavy atom. The lowest BCUT2D eigenvalue weighted by Crippen LogP contribution is -2.29. The normalized spacial score (nSPS) is 12.6. The fraction of sp³-hybridized carbons (Fsp3) is 0.167. The van der Waals surface area contributed by atoms with Gasteiger partial charge in [-0.15, -0.1) is 0 Å². The second-order valence-corrected chi connectivity index (χ2v) is 4.51. The van der Waals surface area contributed by atoms with Crippen LogP contribution in [-0.2, 0) is 6.42 Å². The summed E-state index contributed by atoms with van der Waals surface area (Å²) in [4.78, 5) is 0. The number of nitrogens with two attached hydrogens (primary N) is 1. The molecule has 0 radical (unpaired) electrons. The van der Waals surface area contributed by atoms with Gasteiger partial charge in [-0.1, -0.05) is 6.07 Å². The second kappa shape index (κ2) is 5.35. The molecule has 0 aliphatic rings. The Bertz CT molecular complexity index is 485. The van der Waals surface area contributed by atoms with Crippen molar-refractivity contribution in [3.63, 3.8) is 0 Å². The van der Waals surface area contributed by atoms with Gasteiger partial charge >= 0.3 is 0 Å². The Morgan fingerprint density at radius 1 is 1.24 bits per heavy atom. The fourth-order valence-electron chi connectivity index (χ4n) is 1.65. The molecule has 1 atom stereocenters. The lowest BCUT2D eigenvalue weighted by Gasteiger charge is -2.15. The summed E-state index contributed by atoms with van der Waals surface area (Å²) in [7, 11) is 0. The van der Waals surface area contributed by atoms with Crippen molar-refractivity contribution in [1.82, 2.24) is 5.43 Å². The first kappa shape index (κ1) is 12.2. The minimum atomic E-state index is -0.854. The largest absolute Gasteiger partial charge is 0.271 e. The molecule has 0 aliphatic carbocycles. The van der Waals surface area contributed by atoms with E-state index in [-0.39, 0.29) is 6.04 Å². The molecule has 1 aromatic heterocycles. The summed E-state index contributed by atoms with van der Waals surface area (Å²) in [6.07, 6.45) is 0.644. The van der Waals surface area contributed by atoms with Crippen molar-refractivity contribution in [1.29, 1.82) is 0 Å². The maximum Gasteiger partial charge on any atom is 0.159 e. The van der Waals surface area contributed by atoms with E-state index in [9.17, 15) is 8.78 Å². The highest BCUT2D eigenvalue weighted by Gasteiger charge is 2.13. The van der Waals surface area contributed by atoms with Crippen molar-refractivity contribution >= 4 is 11.3 Å². The molecule has 0 saturated heterocycles. The van der Waals surface area contributed by atoms with Gasteiger partial charge in [0.15, 0.2) is 11.6 Å². The van der Waals surface area contributed by atoms with Crippen LogP contribution >= 0.6 is 11.3 Å². The summed E-state index contributed by atoms with van der Waals surface area (Å²) in [6, 6.07) is 5.58. The van der Waals surface area contributed by atoms with Crippen LogP contribution in [-0.4, -0.2) is 0 Å². The predicted octanol–water partition coefficient (Wildman–Crippen LogP) is 2.77. The standard InChI is InChI=1S/C12H12F2N2S/c13-10-2-1-9(6-11(10)14)12(16-15)5-8-3-4-17-7-8/h1-4,6-7,12,16H,5,15H2. The van der Waals surface area contributed by atoms with E-state index in [1.165, 1.54) is 12.1 Å². The molecular formula is C12H12F2N2S. The number of hydrazine groups is 1. The summed E-state index contributed by atoms with van der Waals surface area (Å²) < 4.78 is 25.9. The molecule has 0 saturated carbocycles. The van der Waals surface area contributed by atoms with Crippen LogP contribution in [0.4, 0.5) is 8.78 Å². The van der Waals surface area contributed by atoms with Crippen LogP contribution in [0.25, 0.3) is 0 Å². The number of hydrogen-bond acceptors (Lipinski definition) is 3. The SMILES string of the molecule is NNC(Cc1ccsc1)c1ccc(F)c(F)c1. The lowest BCUT2D eigenvalue weighted by atomic mass is 10.0. The van der Waals surface area contributed by atoms with E-state index in [4.69, 9.17) is 5.84 Å². The van der Waals surface area contributed by atoms with E-state index in [2.05, 4.69) is 5.43 Å². The van der Waals surface area contributed by atoms with Crippen molar-refractivity contribution in [3.8, 4) is 0 Å². The molecule has 0 bridgehead atoms. The summed E-state index contributed by atoms with van der Waals surface area (Å²) in [5, 5.41) is 3.97. The van der Waals surface area contributed by atoms with Crippen molar-refractivity contribution < 1.29 is 8.78 Å². The van der Waals surface area contributed by atoms with Gasteiger partial charge in [-0.2, -0.15) is 11.3 Å². The summed E-state index contributed by atoms with van der Waals surface area (Å²) >= 11 is 1.59. The Morgan fingerprint density at radius 2 is 2.06 bits per heavy atom. The molecular weight excluding hydrogens is 242 g/mol. The van der Waals surface area contributed by atoms with Gasteiger partial charge in [0.05, 0.1) is 6.04 Å².